The van der Waals surface area contributed by atoms with Gasteiger partial charge in [-0.2, -0.15) is 0 Å². The Balaban J connectivity index is 1.44. The molecule has 0 unspecified atom stereocenters. The second-order valence-corrected chi connectivity index (χ2v) is 7.42. The van der Waals surface area contributed by atoms with E-state index in [2.05, 4.69) is 45.4 Å². The van der Waals surface area contributed by atoms with Crippen LogP contribution >= 0.6 is 0 Å². The lowest BCUT2D eigenvalue weighted by atomic mass is 10.1. The number of nitrogens with one attached hydrogen (secondary N) is 1. The predicted octanol–water partition coefficient (Wildman–Crippen LogP) is 3.23. The molecule has 6 heteroatoms. The summed E-state index contributed by atoms with van der Waals surface area (Å²) in [5.41, 5.74) is 3.52. The lowest BCUT2D eigenvalue weighted by molar-refractivity contribution is 0.194. The molecule has 0 radical (unpaired) electrons. The van der Waals surface area contributed by atoms with Crippen LogP contribution in [0.3, 0.4) is 0 Å². The Morgan fingerprint density at radius 3 is 2.38 bits per heavy atom. The van der Waals surface area contributed by atoms with Crippen molar-refractivity contribution in [3.8, 4) is 5.75 Å². The minimum absolute atomic E-state index is 0.0210. The van der Waals surface area contributed by atoms with Gasteiger partial charge in [0.1, 0.15) is 5.75 Å². The molecule has 0 aliphatic carbocycles. The van der Waals surface area contributed by atoms with Gasteiger partial charge in [-0.25, -0.2) is 4.79 Å². The Hall–Kier alpha value is -2.89. The summed E-state index contributed by atoms with van der Waals surface area (Å²) in [5.74, 6) is 0.910. The fraction of sp³-hybridized carbons (Fsp3) is 0.435. The SMILES string of the molecule is CCOc1ccccc1N1CCN(C(=O)NCCc2ccc(N(C)C)cc2)CC1. The molecular weight excluding hydrogens is 364 g/mol. The Kier molecular flexibility index (Phi) is 7.22. The summed E-state index contributed by atoms with van der Waals surface area (Å²) in [4.78, 5) is 18.8. The number of ether oxygens (including phenoxy) is 1. The number of amides is 2. The molecule has 29 heavy (non-hydrogen) atoms. The van der Waals surface area contributed by atoms with Crippen molar-refractivity contribution in [2.45, 2.75) is 13.3 Å². The number of anilines is 2. The lowest BCUT2D eigenvalue weighted by Crippen LogP contribution is -2.52. The molecule has 0 bridgehead atoms. The molecule has 1 heterocycles. The quantitative estimate of drug-likeness (QED) is 0.781. The minimum atomic E-state index is 0.0210. The predicted molar refractivity (Wildman–Crippen MR) is 119 cm³/mol. The van der Waals surface area contributed by atoms with E-state index in [0.29, 0.717) is 26.2 Å². The molecular formula is C23H32N4O2. The van der Waals surface area contributed by atoms with E-state index in [1.165, 1.54) is 11.3 Å². The third kappa shape index (κ3) is 5.56. The Labute approximate surface area is 174 Å². The number of para-hydroxylation sites is 2. The van der Waals surface area contributed by atoms with Gasteiger partial charge in [-0.3, -0.25) is 0 Å². The van der Waals surface area contributed by atoms with Crippen LogP contribution in [0.5, 0.6) is 5.75 Å². The Morgan fingerprint density at radius 2 is 1.72 bits per heavy atom. The van der Waals surface area contributed by atoms with Crippen LogP contribution in [-0.2, 0) is 6.42 Å². The topological polar surface area (TPSA) is 48.1 Å². The van der Waals surface area contributed by atoms with Crippen LogP contribution in [0.2, 0.25) is 0 Å². The summed E-state index contributed by atoms with van der Waals surface area (Å²) in [6.45, 7) is 6.33. The number of nitrogens with zero attached hydrogens (tertiary/aromatic N) is 3. The van der Waals surface area contributed by atoms with Crippen LogP contribution in [-0.4, -0.2) is 64.4 Å². The average molecular weight is 397 g/mol. The van der Waals surface area contributed by atoms with Gasteiger partial charge < -0.3 is 24.8 Å². The lowest BCUT2D eigenvalue weighted by Gasteiger charge is -2.36. The van der Waals surface area contributed by atoms with Gasteiger partial charge in [0.2, 0.25) is 0 Å². The second kappa shape index (κ2) is 10.0. The van der Waals surface area contributed by atoms with Crippen molar-refractivity contribution < 1.29 is 9.53 Å². The zero-order chi connectivity index (χ0) is 20.6. The normalized spacial score (nSPS) is 13.9. The van der Waals surface area contributed by atoms with Crippen LogP contribution in [0.4, 0.5) is 16.2 Å². The zero-order valence-corrected chi connectivity index (χ0v) is 17.7. The van der Waals surface area contributed by atoms with Gasteiger partial charge in [0.25, 0.3) is 0 Å². The summed E-state index contributed by atoms with van der Waals surface area (Å²) in [6, 6.07) is 16.6. The number of carbonyl (C=O) groups is 1. The van der Waals surface area contributed by atoms with E-state index in [-0.39, 0.29) is 6.03 Å². The van der Waals surface area contributed by atoms with Crippen molar-refractivity contribution in [1.29, 1.82) is 0 Å². The first-order valence-electron chi connectivity index (χ1n) is 10.3. The van der Waals surface area contributed by atoms with Gasteiger partial charge in [0.05, 0.1) is 12.3 Å². The van der Waals surface area contributed by atoms with Gasteiger partial charge in [0.15, 0.2) is 0 Å². The van der Waals surface area contributed by atoms with Crippen molar-refractivity contribution in [3.63, 3.8) is 0 Å². The average Bonchev–Trinajstić information content (AvgIpc) is 2.75. The van der Waals surface area contributed by atoms with Crippen LogP contribution in [0.1, 0.15) is 12.5 Å². The first-order chi connectivity index (χ1) is 14.1. The highest BCUT2D eigenvalue weighted by Gasteiger charge is 2.22. The number of rotatable bonds is 7. The fourth-order valence-electron chi connectivity index (χ4n) is 3.53. The fourth-order valence-corrected chi connectivity index (χ4v) is 3.53. The number of hydrogen-bond donors (Lipinski definition) is 1. The van der Waals surface area contributed by atoms with Crippen LogP contribution in [0.25, 0.3) is 0 Å². The molecule has 1 saturated heterocycles. The van der Waals surface area contributed by atoms with Crippen molar-refractivity contribution in [3.05, 3.63) is 54.1 Å². The van der Waals surface area contributed by atoms with E-state index >= 15 is 0 Å². The standard InChI is InChI=1S/C23H32N4O2/c1-4-29-22-8-6-5-7-21(22)26-15-17-27(18-16-26)23(28)24-14-13-19-9-11-20(12-10-19)25(2)3/h5-12H,4,13-18H2,1-3H3,(H,24,28). The molecule has 1 aliphatic heterocycles. The van der Waals surface area contributed by atoms with Gasteiger partial charge in [0, 0.05) is 52.5 Å². The molecule has 0 atom stereocenters. The maximum Gasteiger partial charge on any atom is 0.317 e. The second-order valence-electron chi connectivity index (χ2n) is 7.42. The van der Waals surface area contributed by atoms with E-state index in [0.717, 1.165) is 30.9 Å². The molecule has 1 aliphatic rings. The smallest absolute Gasteiger partial charge is 0.317 e. The number of benzene rings is 2. The number of carbonyl (C=O) groups excluding carboxylic acids is 1. The minimum Gasteiger partial charge on any atom is -0.492 e. The maximum atomic E-state index is 12.5. The maximum absolute atomic E-state index is 12.5. The number of piperazine rings is 1. The van der Waals surface area contributed by atoms with Gasteiger partial charge in [-0.1, -0.05) is 24.3 Å². The summed E-state index contributed by atoms with van der Waals surface area (Å²) < 4.78 is 5.74. The third-order valence-electron chi connectivity index (χ3n) is 5.22. The highest BCUT2D eigenvalue weighted by atomic mass is 16.5. The van der Waals surface area contributed by atoms with E-state index < -0.39 is 0 Å². The first-order valence-corrected chi connectivity index (χ1v) is 10.3. The Bertz CT molecular complexity index is 784. The molecule has 0 aromatic heterocycles. The molecule has 2 amide bonds. The molecule has 156 valence electrons. The molecule has 3 rings (SSSR count). The van der Waals surface area contributed by atoms with E-state index in [1.807, 2.05) is 44.1 Å². The van der Waals surface area contributed by atoms with Crippen molar-refractivity contribution in [2.75, 3.05) is 63.2 Å². The summed E-state index contributed by atoms with van der Waals surface area (Å²) in [7, 11) is 4.06. The first kappa shape index (κ1) is 20.8. The molecule has 0 saturated carbocycles. The monoisotopic (exact) mass is 396 g/mol. The molecule has 0 spiro atoms. The van der Waals surface area contributed by atoms with E-state index in [1.54, 1.807) is 0 Å². The highest BCUT2D eigenvalue weighted by Crippen LogP contribution is 2.28. The molecule has 1 N–H and O–H groups in total. The van der Waals surface area contributed by atoms with Crippen LogP contribution in [0, 0.1) is 0 Å². The van der Waals surface area contributed by atoms with Crippen molar-refractivity contribution in [1.82, 2.24) is 10.2 Å². The van der Waals surface area contributed by atoms with Crippen LogP contribution in [0.15, 0.2) is 48.5 Å². The van der Waals surface area contributed by atoms with Gasteiger partial charge in [-0.15, -0.1) is 0 Å². The molecule has 2 aromatic carbocycles. The zero-order valence-electron chi connectivity index (χ0n) is 17.7. The van der Waals surface area contributed by atoms with Crippen molar-refractivity contribution >= 4 is 17.4 Å². The van der Waals surface area contributed by atoms with E-state index in [9.17, 15) is 4.79 Å². The third-order valence-corrected chi connectivity index (χ3v) is 5.22. The van der Waals surface area contributed by atoms with Gasteiger partial charge >= 0.3 is 6.03 Å². The van der Waals surface area contributed by atoms with Gasteiger partial charge in [-0.05, 0) is 43.2 Å². The summed E-state index contributed by atoms with van der Waals surface area (Å²) >= 11 is 0. The van der Waals surface area contributed by atoms with Crippen LogP contribution < -0.4 is 19.9 Å². The molecule has 2 aromatic rings. The number of urea groups is 1. The molecule has 1 fully saturated rings. The largest absolute Gasteiger partial charge is 0.492 e. The van der Waals surface area contributed by atoms with Crippen molar-refractivity contribution in [2.24, 2.45) is 0 Å². The summed E-state index contributed by atoms with van der Waals surface area (Å²) in [6.07, 6.45) is 0.834. The van der Waals surface area contributed by atoms with E-state index in [4.69, 9.17) is 4.74 Å². The molecule has 6 nitrogen and oxygen atoms in total. The highest BCUT2D eigenvalue weighted by molar-refractivity contribution is 5.74. The summed E-state index contributed by atoms with van der Waals surface area (Å²) in [5, 5.41) is 3.06. The number of hydrogen-bond acceptors (Lipinski definition) is 4. The Morgan fingerprint density at radius 1 is 1.03 bits per heavy atom.